The molecule has 4 aromatic rings. The predicted octanol–water partition coefficient (Wildman–Crippen LogP) is 4.21. The van der Waals surface area contributed by atoms with Gasteiger partial charge in [-0.15, -0.1) is 11.3 Å². The van der Waals surface area contributed by atoms with Crippen LogP contribution in [0.1, 0.15) is 15.9 Å². The van der Waals surface area contributed by atoms with Crippen molar-refractivity contribution in [2.45, 2.75) is 6.54 Å². The van der Waals surface area contributed by atoms with Gasteiger partial charge in [-0.2, -0.15) is 0 Å². The second-order valence-corrected chi connectivity index (χ2v) is 7.11. The molecule has 0 saturated heterocycles. The number of carbonyl (C=O) groups is 1. The average molecular weight is 394 g/mol. The van der Waals surface area contributed by atoms with E-state index >= 15 is 0 Å². The Kier molecular flexibility index (Phi) is 4.67. The zero-order valence-corrected chi connectivity index (χ0v) is 15.4. The number of fused-ring (bicyclic) bond motifs is 1. The summed E-state index contributed by atoms with van der Waals surface area (Å²) in [5.41, 5.74) is 0.857. The maximum absolute atomic E-state index is 13.1. The fraction of sp³-hybridized carbons (Fsp3) is 0.0476. The molecule has 28 heavy (non-hydrogen) atoms. The van der Waals surface area contributed by atoms with Crippen LogP contribution in [0.2, 0.25) is 0 Å². The molecular formula is C21H15FN2O3S. The molecule has 0 fully saturated rings. The molecule has 2 heterocycles. The topological polar surface area (TPSA) is 71.3 Å². The van der Waals surface area contributed by atoms with Crippen LogP contribution in [-0.4, -0.2) is 15.6 Å². The lowest BCUT2D eigenvalue weighted by Gasteiger charge is -2.13. The molecule has 0 spiro atoms. The van der Waals surface area contributed by atoms with Gasteiger partial charge in [0, 0.05) is 5.69 Å². The number of pyridine rings is 1. The highest BCUT2D eigenvalue weighted by molar-refractivity contribution is 7.17. The summed E-state index contributed by atoms with van der Waals surface area (Å²) in [5, 5.41) is 14.9. The number of aromatic nitrogens is 1. The van der Waals surface area contributed by atoms with Crippen LogP contribution < -0.4 is 10.9 Å². The first kappa shape index (κ1) is 17.9. The lowest BCUT2D eigenvalue weighted by Crippen LogP contribution is -2.29. The molecule has 1 amide bonds. The van der Waals surface area contributed by atoms with Crippen molar-refractivity contribution < 1.29 is 14.3 Å². The highest BCUT2D eigenvalue weighted by Crippen LogP contribution is 2.31. The molecule has 2 N–H and O–H groups in total. The Hall–Kier alpha value is -3.45. The first-order chi connectivity index (χ1) is 13.5. The first-order valence-corrected chi connectivity index (χ1v) is 9.36. The molecule has 4 rings (SSSR count). The number of rotatable bonds is 4. The smallest absolute Gasteiger partial charge is 0.268 e. The van der Waals surface area contributed by atoms with Gasteiger partial charge in [0.2, 0.25) is 0 Å². The van der Waals surface area contributed by atoms with Gasteiger partial charge in [-0.05, 0) is 41.3 Å². The van der Waals surface area contributed by atoms with Crippen LogP contribution >= 0.6 is 11.3 Å². The van der Waals surface area contributed by atoms with Crippen LogP contribution in [0.5, 0.6) is 5.75 Å². The third-order valence-electron chi connectivity index (χ3n) is 4.36. The number of aromatic hydroxyl groups is 1. The lowest BCUT2D eigenvalue weighted by atomic mass is 10.1. The second kappa shape index (κ2) is 7.28. The molecule has 7 heteroatoms. The van der Waals surface area contributed by atoms with Gasteiger partial charge in [0.25, 0.3) is 11.5 Å². The Morgan fingerprint density at radius 3 is 2.50 bits per heavy atom. The second-order valence-electron chi connectivity index (χ2n) is 6.20. The summed E-state index contributed by atoms with van der Waals surface area (Å²) < 4.78 is 15.0. The third-order valence-corrected chi connectivity index (χ3v) is 5.27. The molecular weight excluding hydrogens is 379 g/mol. The van der Waals surface area contributed by atoms with Gasteiger partial charge in [0.1, 0.15) is 11.4 Å². The zero-order chi connectivity index (χ0) is 19.7. The molecule has 0 aliphatic carbocycles. The molecule has 0 aliphatic rings. The van der Waals surface area contributed by atoms with E-state index in [2.05, 4.69) is 5.32 Å². The number of nitrogens with one attached hydrogen (secondary N) is 1. The van der Waals surface area contributed by atoms with E-state index in [1.54, 1.807) is 11.4 Å². The van der Waals surface area contributed by atoms with Crippen molar-refractivity contribution in [1.82, 2.24) is 4.57 Å². The molecule has 0 aliphatic heterocycles. The van der Waals surface area contributed by atoms with Crippen molar-refractivity contribution >= 4 is 33.1 Å². The minimum Gasteiger partial charge on any atom is -0.505 e. The fourth-order valence-corrected chi connectivity index (χ4v) is 3.85. The summed E-state index contributed by atoms with van der Waals surface area (Å²) in [5.74, 6) is -1.53. The van der Waals surface area contributed by atoms with E-state index in [1.807, 2.05) is 30.3 Å². The summed E-state index contributed by atoms with van der Waals surface area (Å²) in [6, 6.07) is 16.3. The van der Waals surface area contributed by atoms with Crippen LogP contribution in [0, 0.1) is 5.82 Å². The zero-order valence-electron chi connectivity index (χ0n) is 14.6. The highest BCUT2D eigenvalue weighted by Gasteiger charge is 2.23. The van der Waals surface area contributed by atoms with Gasteiger partial charge in [0.05, 0.1) is 16.8 Å². The van der Waals surface area contributed by atoms with E-state index in [9.17, 15) is 19.1 Å². The molecule has 5 nitrogen and oxygen atoms in total. The number of halogens is 1. The van der Waals surface area contributed by atoms with E-state index in [4.69, 9.17) is 0 Å². The third kappa shape index (κ3) is 3.27. The summed E-state index contributed by atoms with van der Waals surface area (Å²) in [4.78, 5) is 25.8. The number of thiophene rings is 1. The van der Waals surface area contributed by atoms with E-state index < -0.39 is 17.3 Å². The van der Waals surface area contributed by atoms with Crippen molar-refractivity contribution in [3.63, 3.8) is 0 Å². The Labute approximate surface area is 163 Å². The number of hydrogen-bond donors (Lipinski definition) is 2. The van der Waals surface area contributed by atoms with Crippen LogP contribution in [0.4, 0.5) is 10.1 Å². The molecule has 2 aromatic carbocycles. The largest absolute Gasteiger partial charge is 0.505 e. The number of carbonyl (C=O) groups excluding carboxylic acids is 1. The fourth-order valence-electron chi connectivity index (χ4n) is 3.01. The van der Waals surface area contributed by atoms with E-state index in [-0.39, 0.29) is 17.9 Å². The molecule has 140 valence electrons. The van der Waals surface area contributed by atoms with E-state index in [0.717, 1.165) is 5.56 Å². The summed E-state index contributed by atoms with van der Waals surface area (Å²) in [6.45, 7) is 0.268. The Balaban J connectivity index is 1.80. The lowest BCUT2D eigenvalue weighted by molar-refractivity contribution is 0.102. The Morgan fingerprint density at radius 1 is 1.07 bits per heavy atom. The van der Waals surface area contributed by atoms with Crippen molar-refractivity contribution in [2.75, 3.05) is 5.32 Å². The summed E-state index contributed by atoms with van der Waals surface area (Å²) in [7, 11) is 0. The maximum Gasteiger partial charge on any atom is 0.268 e. The highest BCUT2D eigenvalue weighted by atomic mass is 32.1. The van der Waals surface area contributed by atoms with Crippen LogP contribution in [0.15, 0.2) is 70.8 Å². The number of hydrogen-bond acceptors (Lipinski definition) is 4. The van der Waals surface area contributed by atoms with E-state index in [0.29, 0.717) is 15.9 Å². The van der Waals surface area contributed by atoms with Crippen LogP contribution in [-0.2, 0) is 6.54 Å². The van der Waals surface area contributed by atoms with Gasteiger partial charge < -0.3 is 15.0 Å². The standard InChI is InChI=1S/C21H15FN2O3S/c22-14-6-8-15(9-7-14)23-20(26)17-18(25)19-16(10-11-28-19)24(21(17)27)12-13-4-2-1-3-5-13/h1-11,25H,12H2,(H,23,26). The van der Waals surface area contributed by atoms with Crippen molar-refractivity contribution in [2.24, 2.45) is 0 Å². The van der Waals surface area contributed by atoms with E-state index in [1.165, 1.54) is 40.2 Å². The quantitative estimate of drug-likeness (QED) is 0.545. The monoisotopic (exact) mass is 394 g/mol. The Bertz CT molecular complexity index is 1210. The van der Waals surface area contributed by atoms with Gasteiger partial charge in [-0.1, -0.05) is 30.3 Å². The van der Waals surface area contributed by atoms with Gasteiger partial charge in [-0.3, -0.25) is 9.59 Å². The first-order valence-electron chi connectivity index (χ1n) is 8.48. The number of amides is 1. The molecule has 0 saturated carbocycles. The van der Waals surface area contributed by atoms with Gasteiger partial charge in [0.15, 0.2) is 5.75 Å². The molecule has 0 radical (unpaired) electrons. The van der Waals surface area contributed by atoms with Crippen molar-refractivity contribution in [3.05, 3.63) is 93.3 Å². The SMILES string of the molecule is O=C(Nc1ccc(F)cc1)c1c(O)c2sccc2n(Cc2ccccc2)c1=O. The van der Waals surface area contributed by atoms with Crippen molar-refractivity contribution in [3.8, 4) is 5.75 Å². The van der Waals surface area contributed by atoms with Crippen LogP contribution in [0.25, 0.3) is 10.2 Å². The van der Waals surface area contributed by atoms with Gasteiger partial charge >= 0.3 is 0 Å². The normalized spacial score (nSPS) is 10.9. The van der Waals surface area contributed by atoms with Crippen molar-refractivity contribution in [1.29, 1.82) is 0 Å². The minimum atomic E-state index is -0.744. The molecule has 0 bridgehead atoms. The molecule has 0 atom stereocenters. The minimum absolute atomic E-state index is 0.268. The number of anilines is 1. The predicted molar refractivity (Wildman–Crippen MR) is 108 cm³/mol. The van der Waals surface area contributed by atoms with Crippen LogP contribution in [0.3, 0.4) is 0 Å². The molecule has 0 unspecified atom stereocenters. The average Bonchev–Trinajstić information content (AvgIpc) is 3.18. The number of benzene rings is 2. The Morgan fingerprint density at radius 2 is 1.79 bits per heavy atom. The maximum atomic E-state index is 13.1. The molecule has 2 aromatic heterocycles. The number of nitrogens with zero attached hydrogens (tertiary/aromatic N) is 1. The summed E-state index contributed by atoms with van der Waals surface area (Å²) >= 11 is 1.25. The van der Waals surface area contributed by atoms with Gasteiger partial charge in [-0.25, -0.2) is 4.39 Å². The summed E-state index contributed by atoms with van der Waals surface area (Å²) in [6.07, 6.45) is 0.